The fraction of sp³-hybridized carbons (Fsp3) is 0.286. The molecule has 1 aromatic carbocycles. The van der Waals surface area contributed by atoms with Gasteiger partial charge in [0.2, 0.25) is 0 Å². The summed E-state index contributed by atoms with van der Waals surface area (Å²) >= 11 is 6.07. The Kier molecular flexibility index (Phi) is 4.29. The maximum absolute atomic E-state index is 11.7. The first-order valence-corrected chi connectivity index (χ1v) is 6.46. The van der Waals surface area contributed by atoms with E-state index in [0.29, 0.717) is 22.4 Å². The molecule has 1 heterocycles. The Morgan fingerprint density at radius 3 is 2.50 bits per heavy atom. The number of carbonyl (C=O) groups excluding carboxylic acids is 1. The van der Waals surface area contributed by atoms with Gasteiger partial charge in [-0.25, -0.2) is 0 Å². The monoisotopic (exact) mass is 294 g/mol. The zero-order chi connectivity index (χ0) is 14.7. The summed E-state index contributed by atoms with van der Waals surface area (Å²) in [6.07, 6.45) is 0. The van der Waals surface area contributed by atoms with E-state index in [1.165, 1.54) is 0 Å². The van der Waals surface area contributed by atoms with Crippen LogP contribution in [0.1, 0.15) is 16.9 Å². The van der Waals surface area contributed by atoms with E-state index in [1.807, 2.05) is 13.8 Å². The standard InChI is InChI=1S/C14H15ClN2O3/c1-8-4-11(5-9(2)14(8)15)19-7-13(18)16-12-6-10(3)20-17-12/h4-6H,7H2,1-3H3,(H,16,17,18). The van der Waals surface area contributed by atoms with Crippen molar-refractivity contribution in [1.82, 2.24) is 5.16 Å². The van der Waals surface area contributed by atoms with Crippen molar-refractivity contribution >= 4 is 23.3 Å². The Hall–Kier alpha value is -2.01. The molecule has 0 saturated heterocycles. The third-order valence-corrected chi connectivity index (χ3v) is 3.27. The van der Waals surface area contributed by atoms with Crippen LogP contribution in [0.4, 0.5) is 5.82 Å². The Balaban J connectivity index is 1.93. The molecule has 1 aromatic heterocycles. The van der Waals surface area contributed by atoms with Gasteiger partial charge in [-0.3, -0.25) is 4.79 Å². The molecule has 0 aliphatic rings. The lowest BCUT2D eigenvalue weighted by atomic mass is 10.1. The number of hydrogen-bond acceptors (Lipinski definition) is 4. The number of halogens is 1. The molecule has 1 amide bonds. The molecular formula is C14H15ClN2O3. The van der Waals surface area contributed by atoms with Crippen LogP contribution in [-0.2, 0) is 4.79 Å². The summed E-state index contributed by atoms with van der Waals surface area (Å²) < 4.78 is 10.3. The number of amides is 1. The molecule has 0 radical (unpaired) electrons. The van der Waals surface area contributed by atoms with Gasteiger partial charge in [0.15, 0.2) is 12.4 Å². The van der Waals surface area contributed by atoms with Crippen molar-refractivity contribution in [1.29, 1.82) is 0 Å². The van der Waals surface area contributed by atoms with Crippen molar-refractivity contribution in [3.8, 4) is 5.75 Å². The number of anilines is 1. The van der Waals surface area contributed by atoms with Crippen molar-refractivity contribution in [3.63, 3.8) is 0 Å². The van der Waals surface area contributed by atoms with Gasteiger partial charge in [-0.05, 0) is 44.0 Å². The number of carbonyl (C=O) groups is 1. The zero-order valence-corrected chi connectivity index (χ0v) is 12.2. The largest absolute Gasteiger partial charge is 0.484 e. The Morgan fingerprint density at radius 2 is 1.95 bits per heavy atom. The average Bonchev–Trinajstić information content (AvgIpc) is 2.78. The molecule has 0 bridgehead atoms. The van der Waals surface area contributed by atoms with Crippen molar-refractivity contribution in [3.05, 3.63) is 40.1 Å². The van der Waals surface area contributed by atoms with Crippen LogP contribution in [0, 0.1) is 20.8 Å². The molecule has 0 aliphatic heterocycles. The highest BCUT2D eigenvalue weighted by Crippen LogP contribution is 2.25. The summed E-state index contributed by atoms with van der Waals surface area (Å²) in [6, 6.07) is 5.22. The number of rotatable bonds is 4. The maximum atomic E-state index is 11.7. The number of ether oxygens (including phenoxy) is 1. The van der Waals surface area contributed by atoms with Crippen LogP contribution >= 0.6 is 11.6 Å². The van der Waals surface area contributed by atoms with E-state index in [9.17, 15) is 4.79 Å². The second kappa shape index (κ2) is 5.96. The van der Waals surface area contributed by atoms with Gasteiger partial charge in [0.05, 0.1) is 0 Å². The normalized spacial score (nSPS) is 10.4. The highest BCUT2D eigenvalue weighted by atomic mass is 35.5. The lowest BCUT2D eigenvalue weighted by Crippen LogP contribution is -2.20. The number of aromatic nitrogens is 1. The van der Waals surface area contributed by atoms with Crippen molar-refractivity contribution in [2.75, 3.05) is 11.9 Å². The average molecular weight is 295 g/mol. The van der Waals surface area contributed by atoms with Crippen molar-refractivity contribution in [2.45, 2.75) is 20.8 Å². The van der Waals surface area contributed by atoms with Gasteiger partial charge in [-0.2, -0.15) is 0 Å². The molecule has 106 valence electrons. The van der Waals surface area contributed by atoms with Crippen molar-refractivity contribution < 1.29 is 14.1 Å². The van der Waals surface area contributed by atoms with Gasteiger partial charge < -0.3 is 14.6 Å². The quantitative estimate of drug-likeness (QED) is 0.940. The summed E-state index contributed by atoms with van der Waals surface area (Å²) in [7, 11) is 0. The minimum absolute atomic E-state index is 0.105. The Bertz CT molecular complexity index is 614. The van der Waals surface area contributed by atoms with Gasteiger partial charge in [0.25, 0.3) is 5.91 Å². The van der Waals surface area contributed by atoms with Gasteiger partial charge in [0.1, 0.15) is 11.5 Å². The summed E-state index contributed by atoms with van der Waals surface area (Å²) in [5.74, 6) is 1.31. The van der Waals surface area contributed by atoms with Crippen LogP contribution in [-0.4, -0.2) is 17.7 Å². The lowest BCUT2D eigenvalue weighted by Gasteiger charge is -2.09. The Labute approximate surface area is 121 Å². The SMILES string of the molecule is Cc1cc(NC(=O)COc2cc(C)c(Cl)c(C)c2)no1. The number of hydrogen-bond donors (Lipinski definition) is 1. The van der Waals surface area contributed by atoms with E-state index in [2.05, 4.69) is 10.5 Å². The zero-order valence-electron chi connectivity index (χ0n) is 11.5. The van der Waals surface area contributed by atoms with Crippen LogP contribution < -0.4 is 10.1 Å². The molecule has 0 spiro atoms. The first-order valence-electron chi connectivity index (χ1n) is 6.08. The van der Waals surface area contributed by atoms with Gasteiger partial charge >= 0.3 is 0 Å². The van der Waals surface area contributed by atoms with E-state index in [1.54, 1.807) is 25.1 Å². The number of nitrogens with one attached hydrogen (secondary N) is 1. The van der Waals surface area contributed by atoms with Crippen molar-refractivity contribution in [2.24, 2.45) is 0 Å². The smallest absolute Gasteiger partial charge is 0.263 e. The molecule has 2 aromatic rings. The summed E-state index contributed by atoms with van der Waals surface area (Å²) in [4.78, 5) is 11.7. The minimum atomic E-state index is -0.302. The first kappa shape index (κ1) is 14.4. The minimum Gasteiger partial charge on any atom is -0.484 e. The Morgan fingerprint density at radius 1 is 1.30 bits per heavy atom. The lowest BCUT2D eigenvalue weighted by molar-refractivity contribution is -0.118. The van der Waals surface area contributed by atoms with E-state index >= 15 is 0 Å². The van der Waals surface area contributed by atoms with E-state index < -0.39 is 0 Å². The van der Waals surface area contributed by atoms with Crippen LogP contribution in [0.5, 0.6) is 5.75 Å². The number of nitrogens with zero attached hydrogens (tertiary/aromatic N) is 1. The van der Waals surface area contributed by atoms with Gasteiger partial charge in [-0.15, -0.1) is 0 Å². The number of benzene rings is 1. The molecule has 0 fully saturated rings. The van der Waals surface area contributed by atoms with Crippen LogP contribution in [0.3, 0.4) is 0 Å². The maximum Gasteiger partial charge on any atom is 0.263 e. The third kappa shape index (κ3) is 3.51. The van der Waals surface area contributed by atoms with Crippen LogP contribution in [0.15, 0.2) is 22.7 Å². The topological polar surface area (TPSA) is 64.4 Å². The molecule has 2 rings (SSSR count). The predicted molar refractivity (Wildman–Crippen MR) is 76.3 cm³/mol. The molecule has 0 unspecified atom stereocenters. The third-order valence-electron chi connectivity index (χ3n) is 2.68. The second-order valence-corrected chi connectivity index (χ2v) is 4.91. The fourth-order valence-corrected chi connectivity index (χ4v) is 1.85. The molecule has 0 saturated carbocycles. The highest BCUT2D eigenvalue weighted by molar-refractivity contribution is 6.32. The van der Waals surface area contributed by atoms with E-state index in [4.69, 9.17) is 20.9 Å². The van der Waals surface area contributed by atoms with Crippen LogP contribution in [0.2, 0.25) is 5.02 Å². The van der Waals surface area contributed by atoms with Gasteiger partial charge in [0, 0.05) is 11.1 Å². The van der Waals surface area contributed by atoms with E-state index in [0.717, 1.165) is 11.1 Å². The molecule has 6 heteroatoms. The molecule has 0 atom stereocenters. The molecule has 1 N–H and O–H groups in total. The second-order valence-electron chi connectivity index (χ2n) is 4.53. The van der Waals surface area contributed by atoms with Gasteiger partial charge in [-0.1, -0.05) is 16.8 Å². The molecule has 0 aliphatic carbocycles. The summed E-state index contributed by atoms with van der Waals surface area (Å²) in [6.45, 7) is 5.42. The summed E-state index contributed by atoms with van der Waals surface area (Å²) in [5, 5.41) is 6.96. The summed E-state index contributed by atoms with van der Waals surface area (Å²) in [5.41, 5.74) is 1.82. The molecular weight excluding hydrogens is 280 g/mol. The molecule has 20 heavy (non-hydrogen) atoms. The molecule has 5 nitrogen and oxygen atoms in total. The highest BCUT2D eigenvalue weighted by Gasteiger charge is 2.08. The van der Waals surface area contributed by atoms with Crippen LogP contribution in [0.25, 0.3) is 0 Å². The predicted octanol–water partition coefficient (Wildman–Crippen LogP) is 3.27. The first-order chi connectivity index (χ1) is 9.45. The fourth-order valence-electron chi connectivity index (χ4n) is 1.74. The van der Waals surface area contributed by atoms with E-state index in [-0.39, 0.29) is 12.5 Å². The number of aryl methyl sites for hydroxylation is 3.